The zero-order valence-corrected chi connectivity index (χ0v) is 28.4. The highest BCUT2D eigenvalue weighted by Gasteiger charge is 2.31. The third kappa shape index (κ3) is 8.90. The lowest BCUT2D eigenvalue weighted by Crippen LogP contribution is -2.46. The summed E-state index contributed by atoms with van der Waals surface area (Å²) in [6, 6.07) is 24.0. The minimum atomic E-state index is -0.813. The van der Waals surface area contributed by atoms with E-state index < -0.39 is 12.2 Å². The molecule has 3 aromatic carbocycles. The van der Waals surface area contributed by atoms with Gasteiger partial charge in [0, 0.05) is 62.2 Å². The number of aliphatic hydroxyl groups is 1. The number of pyridine rings is 1. The number of rotatable bonds is 13. The van der Waals surface area contributed by atoms with Crippen LogP contribution in [0.3, 0.4) is 0 Å². The van der Waals surface area contributed by atoms with E-state index in [-0.39, 0.29) is 29.4 Å². The number of fused-ring (bicyclic) bond motifs is 1. The Labute approximate surface area is 292 Å². The summed E-state index contributed by atoms with van der Waals surface area (Å²) in [6.45, 7) is 4.27. The highest BCUT2D eigenvalue weighted by Crippen LogP contribution is 2.30. The summed E-state index contributed by atoms with van der Waals surface area (Å²) < 4.78 is 5.82. The van der Waals surface area contributed by atoms with Crippen molar-refractivity contribution < 1.29 is 24.5 Å². The van der Waals surface area contributed by atoms with E-state index in [0.29, 0.717) is 36.0 Å². The van der Waals surface area contributed by atoms with E-state index in [1.807, 2.05) is 54.6 Å². The summed E-state index contributed by atoms with van der Waals surface area (Å²) in [7, 11) is 0. The number of aliphatic hydroxyl groups excluding tert-OH is 1. The van der Waals surface area contributed by atoms with Gasteiger partial charge in [0.05, 0.1) is 17.3 Å². The number of hydrogen-bond acceptors (Lipinski definition) is 8. The van der Waals surface area contributed by atoms with Crippen LogP contribution in [0.15, 0.2) is 83.7 Å². The number of aromatic amines is 1. The van der Waals surface area contributed by atoms with Gasteiger partial charge < -0.3 is 35.1 Å². The van der Waals surface area contributed by atoms with Crippen molar-refractivity contribution in [3.8, 4) is 16.9 Å². The summed E-state index contributed by atoms with van der Waals surface area (Å²) in [5, 5.41) is 27.7. The first kappa shape index (κ1) is 35.1. The molecule has 1 aromatic heterocycles. The topological polar surface area (TPSA) is 147 Å². The molecule has 264 valence electrons. The number of piperidine rings is 1. The molecule has 2 aliphatic rings. The van der Waals surface area contributed by atoms with Crippen LogP contribution in [0, 0.1) is 0 Å². The Morgan fingerprint density at radius 1 is 0.920 bits per heavy atom. The van der Waals surface area contributed by atoms with E-state index in [2.05, 4.69) is 25.4 Å². The van der Waals surface area contributed by atoms with Crippen molar-refractivity contribution in [2.45, 2.75) is 63.2 Å². The number of nitrogens with zero attached hydrogens (tertiary/aromatic N) is 2. The van der Waals surface area contributed by atoms with Crippen molar-refractivity contribution in [2.24, 2.45) is 0 Å². The SMILES string of the molecule is O=C(Nc1ccccc1-c1ccccc1)OC1CCN(C[C@@H]2CCCN2C(=O)CCCCNC[C@H](O)c2ccc(O)c3[nH]c(=O)ccc23)CC1. The van der Waals surface area contributed by atoms with Gasteiger partial charge in [0.15, 0.2) is 0 Å². The largest absolute Gasteiger partial charge is 0.506 e. The van der Waals surface area contributed by atoms with Crippen molar-refractivity contribution in [2.75, 3.05) is 44.6 Å². The number of ether oxygens (including phenoxy) is 1. The minimum Gasteiger partial charge on any atom is -0.506 e. The third-order valence-corrected chi connectivity index (χ3v) is 9.82. The minimum absolute atomic E-state index is 0.0376. The first-order valence-electron chi connectivity index (χ1n) is 17.7. The monoisotopic (exact) mass is 681 g/mol. The van der Waals surface area contributed by atoms with Crippen LogP contribution in [0.1, 0.15) is 56.6 Å². The zero-order chi connectivity index (χ0) is 34.9. The predicted molar refractivity (Wildman–Crippen MR) is 194 cm³/mol. The fourth-order valence-corrected chi connectivity index (χ4v) is 7.18. The molecule has 2 amide bonds. The number of likely N-dealkylation sites (tertiary alicyclic amines) is 2. The number of anilines is 1. The van der Waals surface area contributed by atoms with Gasteiger partial charge >= 0.3 is 6.09 Å². The Kier molecular flexibility index (Phi) is 11.8. The number of phenolic OH excluding ortho intramolecular Hbond substituents is 1. The zero-order valence-electron chi connectivity index (χ0n) is 28.4. The smallest absolute Gasteiger partial charge is 0.411 e. The van der Waals surface area contributed by atoms with Gasteiger partial charge in [-0.05, 0) is 74.4 Å². The van der Waals surface area contributed by atoms with Crippen molar-refractivity contribution >= 4 is 28.6 Å². The lowest BCUT2D eigenvalue weighted by Gasteiger charge is -2.35. The molecular formula is C39H47N5O6. The van der Waals surface area contributed by atoms with Gasteiger partial charge in [0.25, 0.3) is 0 Å². The summed E-state index contributed by atoms with van der Waals surface area (Å²) in [4.78, 5) is 44.7. The second kappa shape index (κ2) is 16.8. The fourth-order valence-electron chi connectivity index (χ4n) is 7.18. The van der Waals surface area contributed by atoms with Crippen LogP contribution in [-0.4, -0.2) is 88.4 Å². The molecule has 0 saturated carbocycles. The molecule has 5 N–H and O–H groups in total. The van der Waals surface area contributed by atoms with Crippen LogP contribution in [0.4, 0.5) is 10.5 Å². The molecule has 0 aliphatic carbocycles. The first-order chi connectivity index (χ1) is 24.4. The number of carbonyl (C=O) groups excluding carboxylic acids is 2. The number of H-pyrrole nitrogens is 1. The predicted octanol–water partition coefficient (Wildman–Crippen LogP) is 5.40. The average Bonchev–Trinajstić information content (AvgIpc) is 3.59. The maximum absolute atomic E-state index is 13.2. The van der Waals surface area contributed by atoms with E-state index in [0.717, 1.165) is 81.5 Å². The van der Waals surface area contributed by atoms with E-state index in [1.54, 1.807) is 12.1 Å². The van der Waals surface area contributed by atoms with Crippen LogP contribution >= 0.6 is 0 Å². The Hall–Kier alpha value is -4.71. The molecule has 2 fully saturated rings. The molecule has 2 atom stereocenters. The van der Waals surface area contributed by atoms with Crippen LogP contribution in [0.25, 0.3) is 22.0 Å². The van der Waals surface area contributed by atoms with Gasteiger partial charge in [-0.3, -0.25) is 14.9 Å². The Bertz CT molecular complexity index is 1810. The second-order valence-electron chi connectivity index (χ2n) is 13.3. The highest BCUT2D eigenvalue weighted by molar-refractivity contribution is 5.91. The van der Waals surface area contributed by atoms with Crippen LogP contribution < -0.4 is 16.2 Å². The average molecular weight is 682 g/mol. The van der Waals surface area contributed by atoms with Gasteiger partial charge in [-0.15, -0.1) is 0 Å². The number of para-hydroxylation sites is 1. The number of hydrogen-bond donors (Lipinski definition) is 5. The number of aromatic nitrogens is 1. The number of aromatic hydroxyl groups is 1. The highest BCUT2D eigenvalue weighted by atomic mass is 16.6. The molecule has 11 nitrogen and oxygen atoms in total. The molecule has 3 heterocycles. The van der Waals surface area contributed by atoms with Crippen molar-refractivity contribution in [1.29, 1.82) is 0 Å². The molecule has 11 heteroatoms. The van der Waals surface area contributed by atoms with Crippen LogP contribution in [-0.2, 0) is 9.53 Å². The molecule has 2 saturated heterocycles. The van der Waals surface area contributed by atoms with Gasteiger partial charge in [0.1, 0.15) is 11.9 Å². The Morgan fingerprint density at radius 3 is 2.52 bits per heavy atom. The second-order valence-corrected chi connectivity index (χ2v) is 13.3. The van der Waals surface area contributed by atoms with Gasteiger partial charge in [-0.2, -0.15) is 0 Å². The number of amides is 2. The molecule has 0 spiro atoms. The van der Waals surface area contributed by atoms with Gasteiger partial charge in [-0.1, -0.05) is 54.6 Å². The van der Waals surface area contributed by atoms with E-state index >= 15 is 0 Å². The lowest BCUT2D eigenvalue weighted by molar-refractivity contribution is -0.132. The molecule has 0 unspecified atom stereocenters. The Morgan fingerprint density at radius 2 is 1.70 bits per heavy atom. The van der Waals surface area contributed by atoms with Crippen LogP contribution in [0.5, 0.6) is 5.75 Å². The number of phenols is 1. The number of nitrogens with one attached hydrogen (secondary N) is 3. The quantitative estimate of drug-likeness (QED) is 0.118. The van der Waals surface area contributed by atoms with Crippen LogP contribution in [0.2, 0.25) is 0 Å². The van der Waals surface area contributed by atoms with Crippen molar-refractivity contribution in [3.05, 3.63) is 94.8 Å². The van der Waals surface area contributed by atoms with E-state index in [1.165, 1.54) is 12.1 Å². The molecule has 4 aromatic rings. The molecule has 6 rings (SSSR count). The van der Waals surface area contributed by atoms with Crippen molar-refractivity contribution in [1.82, 2.24) is 20.1 Å². The maximum atomic E-state index is 13.2. The van der Waals surface area contributed by atoms with Gasteiger partial charge in [0.2, 0.25) is 11.5 Å². The Balaban J connectivity index is 0.880. The summed E-state index contributed by atoms with van der Waals surface area (Å²) in [5.74, 6) is 0.159. The summed E-state index contributed by atoms with van der Waals surface area (Å²) in [6.07, 6.45) is 4.21. The van der Waals surface area contributed by atoms with E-state index in [4.69, 9.17) is 4.74 Å². The van der Waals surface area contributed by atoms with Gasteiger partial charge in [-0.25, -0.2) is 4.79 Å². The molecule has 0 bridgehead atoms. The molecule has 50 heavy (non-hydrogen) atoms. The summed E-state index contributed by atoms with van der Waals surface area (Å²) in [5.41, 5.74) is 3.32. The standard InChI is InChI=1S/C39H47N5O6/c45-34-17-15-31(32-16-18-36(47)42-38(32)34)35(46)25-40-21-7-6-14-37(48)44-22-8-11-28(44)26-43-23-19-29(20-24-43)50-39(49)41-33-13-5-4-12-30(33)27-9-2-1-3-10-27/h1-5,9-10,12-13,15-18,28-29,35,40,45-46H,6-8,11,14,19-26H2,(H,41,49)(H,42,47)/t28-,35-/m0/s1. The third-order valence-electron chi connectivity index (χ3n) is 9.82. The number of benzene rings is 3. The molecule has 2 aliphatic heterocycles. The van der Waals surface area contributed by atoms with Crippen molar-refractivity contribution in [3.63, 3.8) is 0 Å². The first-order valence-corrected chi connectivity index (χ1v) is 17.7. The lowest BCUT2D eigenvalue weighted by atomic mass is 10.0. The van der Waals surface area contributed by atoms with E-state index in [9.17, 15) is 24.6 Å². The molecular weight excluding hydrogens is 634 g/mol. The fraction of sp³-hybridized carbons (Fsp3) is 0.410. The number of carbonyl (C=O) groups is 2. The molecule has 0 radical (unpaired) electrons. The summed E-state index contributed by atoms with van der Waals surface area (Å²) >= 11 is 0. The number of unbranched alkanes of at least 4 members (excludes halogenated alkanes) is 1. The maximum Gasteiger partial charge on any atom is 0.411 e. The normalized spacial score (nSPS) is 17.5.